The van der Waals surface area contributed by atoms with Crippen LogP contribution in [0.25, 0.3) is 32.3 Å². The fourth-order valence-corrected chi connectivity index (χ4v) is 3.40. The summed E-state index contributed by atoms with van der Waals surface area (Å²) < 4.78 is 25.4. The molecule has 4 aromatic carbocycles. The summed E-state index contributed by atoms with van der Waals surface area (Å²) in [6, 6.07) is 17.6. The van der Waals surface area contributed by atoms with Crippen molar-refractivity contribution < 1.29 is 8.78 Å². The first kappa shape index (κ1) is 13.4. The van der Waals surface area contributed by atoms with Crippen molar-refractivity contribution in [2.24, 2.45) is 5.73 Å². The van der Waals surface area contributed by atoms with Gasteiger partial charge in [0.1, 0.15) is 0 Å². The fourth-order valence-electron chi connectivity index (χ4n) is 3.40. The summed E-state index contributed by atoms with van der Waals surface area (Å²) >= 11 is 0. The predicted molar refractivity (Wildman–Crippen MR) is 87.7 cm³/mol. The first-order valence-corrected chi connectivity index (χ1v) is 7.35. The second kappa shape index (κ2) is 4.89. The van der Waals surface area contributed by atoms with Crippen molar-refractivity contribution in [2.45, 2.75) is 18.9 Å². The van der Waals surface area contributed by atoms with Crippen LogP contribution in [0.2, 0.25) is 0 Å². The van der Waals surface area contributed by atoms with Gasteiger partial charge in [0.05, 0.1) is 0 Å². The molecular formula is C19H15F2N. The van der Waals surface area contributed by atoms with Gasteiger partial charge in [-0.1, -0.05) is 54.6 Å². The van der Waals surface area contributed by atoms with Gasteiger partial charge in [-0.05, 0) is 37.9 Å². The van der Waals surface area contributed by atoms with Gasteiger partial charge in [0.25, 0.3) is 0 Å². The van der Waals surface area contributed by atoms with Crippen LogP contribution in [-0.2, 0) is 0 Å². The van der Waals surface area contributed by atoms with Crippen LogP contribution in [0, 0.1) is 0 Å². The van der Waals surface area contributed by atoms with E-state index in [1.807, 2.05) is 30.3 Å². The summed E-state index contributed by atoms with van der Waals surface area (Å²) in [5, 5.41) is 6.73. The Morgan fingerprint density at radius 1 is 0.773 bits per heavy atom. The minimum Gasteiger partial charge on any atom is -0.324 e. The topological polar surface area (TPSA) is 26.0 Å². The molecule has 0 aromatic heterocycles. The molecule has 0 heterocycles. The lowest BCUT2D eigenvalue weighted by atomic mass is 9.89. The van der Waals surface area contributed by atoms with Crippen molar-refractivity contribution in [3.8, 4) is 0 Å². The van der Waals surface area contributed by atoms with Crippen LogP contribution in [0.4, 0.5) is 8.78 Å². The second-order valence-electron chi connectivity index (χ2n) is 5.74. The summed E-state index contributed by atoms with van der Waals surface area (Å²) in [7, 11) is 0. The van der Waals surface area contributed by atoms with Gasteiger partial charge in [-0.3, -0.25) is 0 Å². The number of hydrogen-bond donors (Lipinski definition) is 1. The highest BCUT2D eigenvalue weighted by Crippen LogP contribution is 2.37. The lowest BCUT2D eigenvalue weighted by Gasteiger charge is -2.17. The Kier molecular flexibility index (Phi) is 2.98. The van der Waals surface area contributed by atoms with E-state index in [1.54, 1.807) is 0 Å². The van der Waals surface area contributed by atoms with E-state index < -0.39 is 12.5 Å². The SMILES string of the molecule is N[C@H](CC(F)F)c1ccc2ccc3cccc4ccc1c2c34. The number of rotatable bonds is 3. The molecule has 110 valence electrons. The van der Waals surface area contributed by atoms with Gasteiger partial charge < -0.3 is 5.73 Å². The van der Waals surface area contributed by atoms with E-state index in [-0.39, 0.29) is 6.42 Å². The molecule has 1 nitrogen and oxygen atoms in total. The molecule has 0 spiro atoms. The van der Waals surface area contributed by atoms with Crippen molar-refractivity contribution in [3.05, 3.63) is 60.2 Å². The van der Waals surface area contributed by atoms with Gasteiger partial charge >= 0.3 is 0 Å². The van der Waals surface area contributed by atoms with Crippen molar-refractivity contribution >= 4 is 32.3 Å². The zero-order valence-corrected chi connectivity index (χ0v) is 11.9. The predicted octanol–water partition coefficient (Wildman–Crippen LogP) is 5.24. The van der Waals surface area contributed by atoms with Crippen LogP contribution < -0.4 is 5.73 Å². The van der Waals surface area contributed by atoms with Crippen molar-refractivity contribution in [2.75, 3.05) is 0 Å². The third kappa shape index (κ3) is 1.93. The van der Waals surface area contributed by atoms with Gasteiger partial charge in [0.15, 0.2) is 0 Å². The van der Waals surface area contributed by atoms with E-state index in [9.17, 15) is 8.78 Å². The molecule has 1 atom stereocenters. The van der Waals surface area contributed by atoms with E-state index in [0.29, 0.717) is 0 Å². The van der Waals surface area contributed by atoms with Gasteiger partial charge in [-0.15, -0.1) is 0 Å². The average molecular weight is 295 g/mol. The maximum absolute atomic E-state index is 12.7. The van der Waals surface area contributed by atoms with Gasteiger partial charge in [-0.2, -0.15) is 0 Å². The number of alkyl halides is 2. The Morgan fingerprint density at radius 3 is 2.05 bits per heavy atom. The third-order valence-corrected chi connectivity index (χ3v) is 4.39. The molecule has 0 aliphatic rings. The Bertz CT molecular complexity index is 946. The normalized spacial score (nSPS) is 13.6. The molecule has 0 bridgehead atoms. The van der Waals surface area contributed by atoms with Gasteiger partial charge in [0.2, 0.25) is 6.43 Å². The molecule has 0 fully saturated rings. The third-order valence-electron chi connectivity index (χ3n) is 4.39. The fraction of sp³-hybridized carbons (Fsp3) is 0.158. The highest BCUT2D eigenvalue weighted by Gasteiger charge is 2.17. The largest absolute Gasteiger partial charge is 0.324 e. The van der Waals surface area contributed by atoms with Crippen LogP contribution in [0.5, 0.6) is 0 Å². The minimum atomic E-state index is -2.39. The maximum atomic E-state index is 12.7. The first-order valence-electron chi connectivity index (χ1n) is 7.35. The molecule has 2 N–H and O–H groups in total. The molecule has 0 unspecified atom stereocenters. The van der Waals surface area contributed by atoms with Crippen LogP contribution in [0.1, 0.15) is 18.0 Å². The molecular weight excluding hydrogens is 280 g/mol. The van der Waals surface area contributed by atoms with Crippen LogP contribution >= 0.6 is 0 Å². The molecule has 4 rings (SSSR count). The first-order chi connectivity index (χ1) is 10.6. The lowest BCUT2D eigenvalue weighted by Crippen LogP contribution is -2.14. The Labute approximate surface area is 126 Å². The zero-order chi connectivity index (χ0) is 15.3. The van der Waals surface area contributed by atoms with E-state index in [1.165, 1.54) is 5.39 Å². The molecule has 3 heteroatoms. The van der Waals surface area contributed by atoms with Gasteiger partial charge in [0, 0.05) is 12.5 Å². The minimum absolute atomic E-state index is 0.316. The summed E-state index contributed by atoms with van der Waals surface area (Å²) in [4.78, 5) is 0. The van der Waals surface area contributed by atoms with Crippen molar-refractivity contribution in [1.29, 1.82) is 0 Å². The molecule has 4 aromatic rings. The second-order valence-corrected chi connectivity index (χ2v) is 5.74. The van der Waals surface area contributed by atoms with Crippen molar-refractivity contribution in [1.82, 2.24) is 0 Å². The van der Waals surface area contributed by atoms with Gasteiger partial charge in [-0.25, -0.2) is 8.78 Å². The highest BCUT2D eigenvalue weighted by molar-refractivity contribution is 6.23. The monoisotopic (exact) mass is 295 g/mol. The van der Waals surface area contributed by atoms with Crippen LogP contribution in [-0.4, -0.2) is 6.43 Å². The summed E-state index contributed by atoms with van der Waals surface area (Å²) in [6.07, 6.45) is -2.71. The molecule has 0 saturated carbocycles. The van der Waals surface area contributed by atoms with E-state index >= 15 is 0 Å². The Morgan fingerprint density at radius 2 is 1.36 bits per heavy atom. The lowest BCUT2D eigenvalue weighted by molar-refractivity contribution is 0.128. The molecule has 22 heavy (non-hydrogen) atoms. The standard InChI is InChI=1S/C19H15F2N/c20-17(21)10-16(22)14-8-6-13-5-4-11-2-1-3-12-7-9-15(14)19(13)18(11)12/h1-9,16-17H,10,22H2/t16-/m1/s1. The average Bonchev–Trinajstić information content (AvgIpc) is 2.51. The summed E-state index contributed by atoms with van der Waals surface area (Å²) in [5.41, 5.74) is 6.81. The van der Waals surface area contributed by atoms with E-state index in [4.69, 9.17) is 5.73 Å². The van der Waals surface area contributed by atoms with E-state index in [2.05, 4.69) is 24.3 Å². The van der Waals surface area contributed by atoms with Crippen LogP contribution in [0.3, 0.4) is 0 Å². The maximum Gasteiger partial charge on any atom is 0.240 e. The molecule has 0 radical (unpaired) electrons. The molecule has 0 aliphatic carbocycles. The smallest absolute Gasteiger partial charge is 0.240 e. The number of halogens is 2. The Hall–Kier alpha value is -2.26. The number of benzene rings is 4. The molecule has 0 aliphatic heterocycles. The summed E-state index contributed by atoms with van der Waals surface area (Å²) in [5.74, 6) is 0. The quantitative estimate of drug-likeness (QED) is 0.514. The Balaban J connectivity index is 2.08. The number of nitrogens with two attached hydrogens (primary N) is 1. The summed E-state index contributed by atoms with van der Waals surface area (Å²) in [6.45, 7) is 0. The zero-order valence-electron chi connectivity index (χ0n) is 11.9. The van der Waals surface area contributed by atoms with E-state index in [0.717, 1.165) is 32.5 Å². The number of hydrogen-bond acceptors (Lipinski definition) is 1. The highest BCUT2D eigenvalue weighted by atomic mass is 19.3. The van der Waals surface area contributed by atoms with Crippen molar-refractivity contribution in [3.63, 3.8) is 0 Å². The molecule has 0 saturated heterocycles. The van der Waals surface area contributed by atoms with Crippen LogP contribution in [0.15, 0.2) is 54.6 Å². The molecule has 0 amide bonds.